The van der Waals surface area contributed by atoms with Crippen molar-refractivity contribution in [2.75, 3.05) is 0 Å². The number of hydrogen-bond acceptors (Lipinski definition) is 7. The van der Waals surface area contributed by atoms with Gasteiger partial charge in [-0.15, -0.1) is 10.2 Å². The molecule has 2 aromatic heterocycles. The predicted molar refractivity (Wildman–Crippen MR) is 126 cm³/mol. The molecule has 34 heavy (non-hydrogen) atoms. The van der Waals surface area contributed by atoms with Gasteiger partial charge in [-0.25, -0.2) is 4.39 Å². The van der Waals surface area contributed by atoms with Crippen molar-refractivity contribution in [3.05, 3.63) is 102 Å². The average Bonchev–Trinajstić information content (AvgIpc) is 3.50. The van der Waals surface area contributed by atoms with Gasteiger partial charge in [0.05, 0.1) is 5.75 Å². The SMILES string of the molecule is Cc1cccc(-c2nc(CSc3nnc(COc4ccccc4F)n3-c3ccccc3)no2)c1. The smallest absolute Gasteiger partial charge is 0.257 e. The van der Waals surface area contributed by atoms with Crippen LogP contribution >= 0.6 is 11.8 Å². The summed E-state index contributed by atoms with van der Waals surface area (Å²) in [4.78, 5) is 4.51. The monoisotopic (exact) mass is 473 g/mol. The molecular weight excluding hydrogens is 453 g/mol. The quantitative estimate of drug-likeness (QED) is 0.270. The Hall–Kier alpha value is -3.98. The van der Waals surface area contributed by atoms with Crippen molar-refractivity contribution in [3.63, 3.8) is 0 Å². The summed E-state index contributed by atoms with van der Waals surface area (Å²) >= 11 is 1.43. The number of aromatic nitrogens is 5. The van der Waals surface area contributed by atoms with Gasteiger partial charge in [0.2, 0.25) is 0 Å². The zero-order valence-corrected chi connectivity index (χ0v) is 19.1. The molecule has 9 heteroatoms. The van der Waals surface area contributed by atoms with E-state index in [-0.39, 0.29) is 12.4 Å². The summed E-state index contributed by atoms with van der Waals surface area (Å²) in [6.07, 6.45) is 0. The van der Waals surface area contributed by atoms with Crippen molar-refractivity contribution >= 4 is 11.8 Å². The number of thioether (sulfide) groups is 1. The van der Waals surface area contributed by atoms with Crippen LogP contribution in [0.3, 0.4) is 0 Å². The molecule has 0 fully saturated rings. The molecule has 0 radical (unpaired) electrons. The minimum absolute atomic E-state index is 0.0586. The van der Waals surface area contributed by atoms with E-state index in [9.17, 15) is 4.39 Å². The second-order valence-electron chi connectivity index (χ2n) is 7.46. The van der Waals surface area contributed by atoms with E-state index in [4.69, 9.17) is 9.26 Å². The Balaban J connectivity index is 1.36. The van der Waals surface area contributed by atoms with Gasteiger partial charge in [-0.3, -0.25) is 4.57 Å². The molecule has 3 aromatic carbocycles. The van der Waals surface area contributed by atoms with Crippen LogP contribution in [0.1, 0.15) is 17.2 Å². The van der Waals surface area contributed by atoms with Crippen LogP contribution in [-0.2, 0) is 12.4 Å². The average molecular weight is 474 g/mol. The molecule has 5 rings (SSSR count). The highest BCUT2D eigenvalue weighted by atomic mass is 32.2. The largest absolute Gasteiger partial charge is 0.483 e. The summed E-state index contributed by atoms with van der Waals surface area (Å²) < 4.78 is 27.0. The Morgan fingerprint density at radius 1 is 0.971 bits per heavy atom. The maximum Gasteiger partial charge on any atom is 0.257 e. The van der Waals surface area contributed by atoms with E-state index in [1.54, 1.807) is 18.2 Å². The Kier molecular flexibility index (Phi) is 6.35. The van der Waals surface area contributed by atoms with Gasteiger partial charge in [-0.1, -0.05) is 64.9 Å². The Morgan fingerprint density at radius 3 is 2.62 bits per heavy atom. The van der Waals surface area contributed by atoms with E-state index in [0.29, 0.717) is 28.4 Å². The molecule has 0 spiro atoms. The fourth-order valence-corrected chi connectivity index (χ4v) is 4.18. The molecule has 0 aliphatic rings. The van der Waals surface area contributed by atoms with E-state index >= 15 is 0 Å². The normalized spacial score (nSPS) is 11.0. The van der Waals surface area contributed by atoms with Crippen molar-refractivity contribution < 1.29 is 13.7 Å². The third-order valence-electron chi connectivity index (χ3n) is 4.97. The molecule has 0 bridgehead atoms. The van der Waals surface area contributed by atoms with Gasteiger partial charge in [0.15, 0.2) is 28.4 Å². The van der Waals surface area contributed by atoms with Crippen LogP contribution in [0.25, 0.3) is 17.1 Å². The van der Waals surface area contributed by atoms with Gasteiger partial charge in [-0.05, 0) is 43.3 Å². The summed E-state index contributed by atoms with van der Waals surface area (Å²) in [5.41, 5.74) is 2.87. The topological polar surface area (TPSA) is 78.9 Å². The number of hydrogen-bond donors (Lipinski definition) is 0. The second-order valence-corrected chi connectivity index (χ2v) is 8.41. The molecule has 0 atom stereocenters. The Bertz CT molecular complexity index is 1400. The summed E-state index contributed by atoms with van der Waals surface area (Å²) in [5, 5.41) is 13.4. The van der Waals surface area contributed by atoms with Gasteiger partial charge in [-0.2, -0.15) is 4.98 Å². The Labute approximate surface area is 199 Å². The van der Waals surface area contributed by atoms with Crippen LogP contribution in [0.5, 0.6) is 5.75 Å². The molecule has 0 aliphatic heterocycles. The van der Waals surface area contributed by atoms with Crippen LogP contribution in [0.15, 0.2) is 88.5 Å². The van der Waals surface area contributed by atoms with E-state index in [1.165, 1.54) is 17.8 Å². The highest BCUT2D eigenvalue weighted by molar-refractivity contribution is 7.98. The van der Waals surface area contributed by atoms with E-state index in [2.05, 4.69) is 20.3 Å². The first-order valence-electron chi connectivity index (χ1n) is 10.6. The standard InChI is InChI=1S/C25H20FN5O2S/c1-17-8-7-9-18(14-17)24-27-22(30-33-24)16-34-25-29-28-23(31(25)19-10-3-2-4-11-19)15-32-21-13-6-5-12-20(21)26/h2-14H,15-16H2,1H3. The van der Waals surface area contributed by atoms with Crippen molar-refractivity contribution in [3.8, 4) is 22.9 Å². The van der Waals surface area contributed by atoms with Crippen molar-refractivity contribution in [2.45, 2.75) is 24.4 Å². The number of halogens is 1. The first-order valence-corrected chi connectivity index (χ1v) is 11.6. The highest BCUT2D eigenvalue weighted by Gasteiger charge is 2.17. The van der Waals surface area contributed by atoms with E-state index in [1.807, 2.05) is 66.1 Å². The lowest BCUT2D eigenvalue weighted by Gasteiger charge is -2.11. The molecule has 0 saturated heterocycles. The highest BCUT2D eigenvalue weighted by Crippen LogP contribution is 2.27. The zero-order valence-electron chi connectivity index (χ0n) is 18.3. The van der Waals surface area contributed by atoms with Crippen LogP contribution in [0.4, 0.5) is 4.39 Å². The van der Waals surface area contributed by atoms with Crippen LogP contribution in [0.2, 0.25) is 0 Å². The number of aryl methyl sites for hydroxylation is 1. The minimum atomic E-state index is -0.426. The van der Waals surface area contributed by atoms with Gasteiger partial charge < -0.3 is 9.26 Å². The number of ether oxygens (including phenoxy) is 1. The number of benzene rings is 3. The third-order valence-corrected chi connectivity index (χ3v) is 5.90. The van der Waals surface area contributed by atoms with E-state index < -0.39 is 5.82 Å². The van der Waals surface area contributed by atoms with Gasteiger partial charge in [0.25, 0.3) is 5.89 Å². The lowest BCUT2D eigenvalue weighted by atomic mass is 10.1. The van der Waals surface area contributed by atoms with Crippen molar-refractivity contribution in [1.82, 2.24) is 24.9 Å². The number of para-hydroxylation sites is 2. The summed E-state index contributed by atoms with van der Waals surface area (Å²) in [7, 11) is 0. The molecule has 0 saturated carbocycles. The molecule has 0 amide bonds. The third kappa shape index (κ3) is 4.84. The fourth-order valence-electron chi connectivity index (χ4n) is 3.36. The number of nitrogens with zero attached hydrogens (tertiary/aromatic N) is 5. The summed E-state index contributed by atoms with van der Waals surface area (Å²) in [6.45, 7) is 2.07. The van der Waals surface area contributed by atoms with Gasteiger partial charge >= 0.3 is 0 Å². The zero-order chi connectivity index (χ0) is 23.3. The van der Waals surface area contributed by atoms with Crippen molar-refractivity contribution in [2.24, 2.45) is 0 Å². The van der Waals surface area contributed by atoms with Crippen LogP contribution in [0, 0.1) is 12.7 Å². The van der Waals surface area contributed by atoms with Gasteiger partial charge in [0, 0.05) is 11.3 Å². The first-order chi connectivity index (χ1) is 16.7. The molecule has 0 N–H and O–H groups in total. The predicted octanol–water partition coefficient (Wildman–Crippen LogP) is 5.64. The molecular formula is C25H20FN5O2S. The first kappa shape index (κ1) is 21.8. The summed E-state index contributed by atoms with van der Waals surface area (Å²) in [5.74, 6) is 1.75. The fraction of sp³-hybridized carbons (Fsp3) is 0.120. The minimum Gasteiger partial charge on any atom is -0.483 e. The summed E-state index contributed by atoms with van der Waals surface area (Å²) in [6, 6.07) is 23.9. The lowest BCUT2D eigenvalue weighted by molar-refractivity contribution is 0.278. The van der Waals surface area contributed by atoms with Crippen molar-refractivity contribution in [1.29, 1.82) is 0 Å². The maximum atomic E-state index is 14.0. The lowest BCUT2D eigenvalue weighted by Crippen LogP contribution is -2.07. The van der Waals surface area contributed by atoms with Crippen LogP contribution < -0.4 is 4.74 Å². The maximum absolute atomic E-state index is 14.0. The molecule has 2 heterocycles. The van der Waals surface area contributed by atoms with Crippen LogP contribution in [-0.4, -0.2) is 24.9 Å². The molecule has 0 unspecified atom stereocenters. The van der Waals surface area contributed by atoms with E-state index in [0.717, 1.165) is 16.8 Å². The second kappa shape index (κ2) is 9.88. The Morgan fingerprint density at radius 2 is 1.79 bits per heavy atom. The molecule has 170 valence electrons. The number of rotatable bonds is 8. The molecule has 0 aliphatic carbocycles. The molecule has 5 aromatic rings. The van der Waals surface area contributed by atoms with Gasteiger partial charge in [0.1, 0.15) is 6.61 Å². The molecule has 7 nitrogen and oxygen atoms in total.